The maximum atomic E-state index is 12.8. The summed E-state index contributed by atoms with van der Waals surface area (Å²) < 4.78 is 6.55. The predicted octanol–water partition coefficient (Wildman–Crippen LogP) is 5.15. The number of amides is 2. The first kappa shape index (κ1) is 19.4. The van der Waals surface area contributed by atoms with Crippen molar-refractivity contribution in [2.75, 3.05) is 10.6 Å². The van der Waals surface area contributed by atoms with Crippen LogP contribution < -0.4 is 15.4 Å². The van der Waals surface area contributed by atoms with Crippen LogP contribution in [0.5, 0.6) is 5.75 Å². The van der Waals surface area contributed by atoms with Gasteiger partial charge in [-0.05, 0) is 69.5 Å². The monoisotopic (exact) mass is 430 g/mol. The lowest BCUT2D eigenvalue weighted by Crippen LogP contribution is -2.17. The second-order valence-electron chi connectivity index (χ2n) is 7.05. The molecule has 0 heterocycles. The highest BCUT2D eigenvalue weighted by Gasteiger charge is 2.29. The lowest BCUT2D eigenvalue weighted by atomic mass is 10.1. The molecule has 142 valence electrons. The number of carbonyl (C=O) groups is 2. The molecular weight excluding hydrogens is 408 g/mol. The van der Waals surface area contributed by atoms with Gasteiger partial charge in [0.1, 0.15) is 5.75 Å². The number of ether oxygens (including phenoxy) is 1. The average molecular weight is 431 g/mol. The van der Waals surface area contributed by atoms with Crippen LogP contribution in [0.2, 0.25) is 0 Å². The van der Waals surface area contributed by atoms with Crippen LogP contribution in [0, 0.1) is 12.8 Å². The van der Waals surface area contributed by atoms with Gasteiger partial charge >= 0.3 is 0 Å². The Morgan fingerprint density at radius 2 is 1.85 bits per heavy atom. The molecule has 0 bridgehead atoms. The van der Waals surface area contributed by atoms with Crippen molar-refractivity contribution >= 4 is 39.1 Å². The second-order valence-corrected chi connectivity index (χ2v) is 7.97. The van der Waals surface area contributed by atoms with Crippen molar-refractivity contribution in [2.24, 2.45) is 5.92 Å². The normalized spacial score (nSPS) is 13.4. The zero-order valence-electron chi connectivity index (χ0n) is 15.6. The van der Waals surface area contributed by atoms with E-state index in [1.54, 1.807) is 18.2 Å². The van der Waals surface area contributed by atoms with Gasteiger partial charge in [-0.1, -0.05) is 22.0 Å². The van der Waals surface area contributed by atoms with Crippen molar-refractivity contribution in [2.45, 2.75) is 39.7 Å². The lowest BCUT2D eigenvalue weighted by Gasteiger charge is -2.15. The molecule has 1 saturated carbocycles. The summed E-state index contributed by atoms with van der Waals surface area (Å²) in [7, 11) is 0. The largest absolute Gasteiger partial charge is 0.490 e. The van der Waals surface area contributed by atoms with Crippen LogP contribution in [0.1, 0.15) is 42.6 Å². The average Bonchev–Trinajstić information content (AvgIpc) is 3.44. The fourth-order valence-corrected chi connectivity index (χ4v) is 3.01. The third kappa shape index (κ3) is 5.10. The number of nitrogens with one attached hydrogen (secondary N) is 2. The van der Waals surface area contributed by atoms with E-state index in [1.807, 2.05) is 39.0 Å². The Morgan fingerprint density at radius 1 is 1.11 bits per heavy atom. The smallest absolute Gasteiger partial charge is 0.259 e. The summed E-state index contributed by atoms with van der Waals surface area (Å²) in [5, 5.41) is 5.84. The summed E-state index contributed by atoms with van der Waals surface area (Å²) >= 11 is 3.40. The zero-order chi connectivity index (χ0) is 19.6. The van der Waals surface area contributed by atoms with Crippen LogP contribution in [0.25, 0.3) is 0 Å². The maximum absolute atomic E-state index is 12.8. The number of aryl methyl sites for hydroxylation is 1. The summed E-state index contributed by atoms with van der Waals surface area (Å²) in [5.41, 5.74) is 2.74. The Hall–Kier alpha value is -2.34. The number of hydrogen-bond donors (Lipinski definition) is 2. The first-order valence-corrected chi connectivity index (χ1v) is 9.82. The predicted molar refractivity (Wildman–Crippen MR) is 110 cm³/mol. The number of rotatable bonds is 6. The summed E-state index contributed by atoms with van der Waals surface area (Å²) in [6, 6.07) is 10.8. The number of benzene rings is 2. The summed E-state index contributed by atoms with van der Waals surface area (Å²) in [6.45, 7) is 5.76. The molecule has 0 aromatic heterocycles. The molecule has 2 N–H and O–H groups in total. The van der Waals surface area contributed by atoms with Gasteiger partial charge < -0.3 is 15.4 Å². The Kier molecular flexibility index (Phi) is 5.85. The topological polar surface area (TPSA) is 67.4 Å². The Labute approximate surface area is 167 Å². The van der Waals surface area contributed by atoms with E-state index in [-0.39, 0.29) is 23.8 Å². The van der Waals surface area contributed by atoms with E-state index in [1.165, 1.54) is 0 Å². The van der Waals surface area contributed by atoms with Gasteiger partial charge in [0.05, 0.1) is 11.7 Å². The molecule has 6 heteroatoms. The molecule has 1 fully saturated rings. The van der Waals surface area contributed by atoms with Crippen LogP contribution in [-0.4, -0.2) is 17.9 Å². The highest BCUT2D eigenvalue weighted by Crippen LogP contribution is 2.31. The van der Waals surface area contributed by atoms with Crippen LogP contribution >= 0.6 is 15.9 Å². The van der Waals surface area contributed by atoms with E-state index < -0.39 is 0 Å². The molecule has 0 atom stereocenters. The Morgan fingerprint density at radius 3 is 2.52 bits per heavy atom. The van der Waals surface area contributed by atoms with Crippen molar-refractivity contribution < 1.29 is 14.3 Å². The SMILES string of the molecule is Cc1ccc(NC(=O)c2cc(Br)ccc2OC(C)C)cc1NC(=O)C1CC1. The first-order chi connectivity index (χ1) is 12.8. The van der Waals surface area contributed by atoms with E-state index in [4.69, 9.17) is 4.74 Å². The van der Waals surface area contributed by atoms with Gasteiger partial charge in [0.25, 0.3) is 5.91 Å². The van der Waals surface area contributed by atoms with Crippen molar-refractivity contribution in [1.29, 1.82) is 0 Å². The highest BCUT2D eigenvalue weighted by molar-refractivity contribution is 9.10. The summed E-state index contributed by atoms with van der Waals surface area (Å²) in [6.07, 6.45) is 1.85. The molecule has 5 nitrogen and oxygen atoms in total. The summed E-state index contributed by atoms with van der Waals surface area (Å²) in [4.78, 5) is 24.9. The van der Waals surface area contributed by atoms with Crippen molar-refractivity contribution in [3.05, 3.63) is 52.0 Å². The number of halogens is 1. The molecule has 1 aliphatic carbocycles. The minimum Gasteiger partial charge on any atom is -0.490 e. The van der Waals surface area contributed by atoms with E-state index in [0.29, 0.717) is 17.0 Å². The van der Waals surface area contributed by atoms with Crippen LogP contribution in [0.3, 0.4) is 0 Å². The van der Waals surface area contributed by atoms with Crippen LogP contribution in [0.15, 0.2) is 40.9 Å². The van der Waals surface area contributed by atoms with Crippen LogP contribution in [-0.2, 0) is 4.79 Å². The molecule has 27 heavy (non-hydrogen) atoms. The fourth-order valence-electron chi connectivity index (χ4n) is 2.65. The molecule has 0 saturated heterocycles. The molecule has 0 aliphatic heterocycles. The molecule has 2 aromatic rings. The van der Waals surface area contributed by atoms with Gasteiger partial charge in [-0.25, -0.2) is 0 Å². The van der Waals surface area contributed by atoms with Gasteiger partial charge in [-0.15, -0.1) is 0 Å². The molecule has 1 aliphatic rings. The minimum atomic E-state index is -0.268. The van der Waals surface area contributed by atoms with E-state index in [2.05, 4.69) is 26.6 Å². The number of hydrogen-bond acceptors (Lipinski definition) is 3. The van der Waals surface area contributed by atoms with Crippen molar-refractivity contribution in [1.82, 2.24) is 0 Å². The Bertz CT molecular complexity index is 876. The molecule has 2 amide bonds. The standard InChI is InChI=1S/C21H23BrN2O3/c1-12(2)27-19-9-7-15(22)10-17(19)21(26)23-16-8-4-13(3)18(11-16)24-20(25)14-5-6-14/h4,7-12,14H,5-6H2,1-3H3,(H,23,26)(H,24,25). The maximum Gasteiger partial charge on any atom is 0.259 e. The van der Waals surface area contributed by atoms with E-state index in [0.717, 1.165) is 28.6 Å². The van der Waals surface area contributed by atoms with Gasteiger partial charge in [0.2, 0.25) is 5.91 Å². The molecule has 0 unspecified atom stereocenters. The molecule has 3 rings (SSSR count). The van der Waals surface area contributed by atoms with Crippen molar-refractivity contribution in [3.63, 3.8) is 0 Å². The molecule has 0 radical (unpaired) electrons. The molecule has 2 aromatic carbocycles. The summed E-state index contributed by atoms with van der Waals surface area (Å²) in [5.74, 6) is 0.427. The highest BCUT2D eigenvalue weighted by atomic mass is 79.9. The fraction of sp³-hybridized carbons (Fsp3) is 0.333. The van der Waals surface area contributed by atoms with Gasteiger partial charge in [0.15, 0.2) is 0 Å². The third-order valence-corrected chi connectivity index (χ3v) is 4.74. The van der Waals surface area contributed by atoms with E-state index >= 15 is 0 Å². The van der Waals surface area contributed by atoms with Crippen LogP contribution in [0.4, 0.5) is 11.4 Å². The minimum absolute atomic E-state index is 0.0404. The third-order valence-electron chi connectivity index (χ3n) is 4.25. The second kappa shape index (κ2) is 8.13. The molecular formula is C21H23BrN2O3. The Balaban J connectivity index is 1.79. The van der Waals surface area contributed by atoms with Gasteiger partial charge in [-0.2, -0.15) is 0 Å². The van der Waals surface area contributed by atoms with E-state index in [9.17, 15) is 9.59 Å². The molecule has 0 spiro atoms. The van der Waals surface area contributed by atoms with Crippen molar-refractivity contribution in [3.8, 4) is 5.75 Å². The van der Waals surface area contributed by atoms with Gasteiger partial charge in [0, 0.05) is 21.8 Å². The zero-order valence-corrected chi connectivity index (χ0v) is 17.2. The first-order valence-electron chi connectivity index (χ1n) is 9.02. The number of carbonyl (C=O) groups excluding carboxylic acids is 2. The lowest BCUT2D eigenvalue weighted by molar-refractivity contribution is -0.117. The van der Waals surface area contributed by atoms with Gasteiger partial charge in [-0.3, -0.25) is 9.59 Å². The number of anilines is 2. The quantitative estimate of drug-likeness (QED) is 0.665.